The highest BCUT2D eigenvalue weighted by molar-refractivity contribution is 7.13. The number of carbonyl (C=O) groups is 4. The molecule has 2 fully saturated rings. The second-order valence-electron chi connectivity index (χ2n) is 22.3. The Labute approximate surface area is 507 Å². The number of ether oxygens (including phenoxy) is 6. The molecule has 0 saturated carbocycles. The predicted molar refractivity (Wildman–Crippen MR) is 329 cm³/mol. The number of aromatic nitrogens is 5. The van der Waals surface area contributed by atoms with Crippen LogP contribution in [0.15, 0.2) is 97.3 Å². The lowest BCUT2D eigenvalue weighted by Gasteiger charge is -2.32. The Morgan fingerprint density at radius 1 is 0.814 bits per heavy atom. The number of hydrogen-bond acceptors (Lipinski definition) is 18. The number of anilines is 2. The summed E-state index contributed by atoms with van der Waals surface area (Å²) in [5, 5.41) is 24.9. The molecule has 2 aliphatic rings. The van der Waals surface area contributed by atoms with Crippen molar-refractivity contribution in [3.8, 4) is 33.2 Å². The highest BCUT2D eigenvalue weighted by Gasteiger charge is 2.40. The van der Waals surface area contributed by atoms with Gasteiger partial charge in [0, 0.05) is 57.7 Å². The number of carbonyl (C=O) groups excluding carboxylic acids is 4. The summed E-state index contributed by atoms with van der Waals surface area (Å²) in [5.41, 5.74) is 13.2. The van der Waals surface area contributed by atoms with Gasteiger partial charge in [0.25, 0.3) is 0 Å². The topological polar surface area (TPSA) is 269 Å². The van der Waals surface area contributed by atoms with E-state index in [0.29, 0.717) is 99.1 Å². The van der Waals surface area contributed by atoms with Crippen molar-refractivity contribution < 1.29 is 52.7 Å². The fourth-order valence-corrected chi connectivity index (χ4v) is 11.2. The average molecular weight is 1200 g/mol. The number of fused-ring (bicyclic) bond motifs is 1. The van der Waals surface area contributed by atoms with E-state index in [1.165, 1.54) is 17.3 Å². The number of nitrogens with zero attached hydrogens (tertiary/aromatic N) is 7. The zero-order valence-electron chi connectivity index (χ0n) is 49.7. The Balaban J connectivity index is 0.599. The molecule has 462 valence electrons. The van der Waals surface area contributed by atoms with Crippen LogP contribution < -0.4 is 26.4 Å². The number of likely N-dealkylation sites (tertiary alicyclic amines) is 2. The minimum atomic E-state index is -0.799. The molecule has 0 unspecified atom stereocenters. The molecule has 86 heavy (non-hydrogen) atoms. The number of aryl methyl sites for hydroxylation is 1. The number of nitrogens with two attached hydrogens (primary N) is 1. The van der Waals surface area contributed by atoms with Gasteiger partial charge in [-0.2, -0.15) is 5.10 Å². The van der Waals surface area contributed by atoms with E-state index in [-0.39, 0.29) is 68.8 Å². The maximum absolute atomic E-state index is 13.5. The number of unbranched alkanes of at least 4 members (excludes halogenated alkanes) is 3. The number of piperidine rings is 1. The summed E-state index contributed by atoms with van der Waals surface area (Å²) >= 11 is 1.58. The quantitative estimate of drug-likeness (QED) is 0.0190. The minimum absolute atomic E-state index is 0.0752. The molecule has 3 aromatic carbocycles. The van der Waals surface area contributed by atoms with Crippen LogP contribution >= 0.6 is 11.3 Å². The van der Waals surface area contributed by atoms with Crippen molar-refractivity contribution in [2.45, 2.75) is 96.9 Å². The third-order valence-electron chi connectivity index (χ3n) is 15.0. The molecule has 23 heteroatoms. The van der Waals surface area contributed by atoms with Crippen molar-refractivity contribution in [3.63, 3.8) is 0 Å². The Morgan fingerprint density at radius 2 is 1.49 bits per heavy atom. The average Bonchev–Trinajstić information content (AvgIpc) is 1.89. The van der Waals surface area contributed by atoms with Crippen LogP contribution in [-0.2, 0) is 49.4 Å². The molecule has 2 atom stereocenters. The summed E-state index contributed by atoms with van der Waals surface area (Å²) in [6, 6.07) is 22.2. The third-order valence-corrected chi connectivity index (χ3v) is 16.0. The number of para-hydroxylation sites is 1. The van der Waals surface area contributed by atoms with Crippen molar-refractivity contribution >= 4 is 57.5 Å². The molecule has 0 spiro atoms. The Bertz CT molecular complexity index is 3130. The van der Waals surface area contributed by atoms with Crippen molar-refractivity contribution in [1.82, 2.24) is 45.2 Å². The van der Waals surface area contributed by atoms with E-state index >= 15 is 0 Å². The lowest BCUT2D eigenvalue weighted by atomic mass is 9.88. The standard InChI is InChI=1S/C63H83N11O11S/c1-5-54(76)70-51-35-47(19-20-53(51)85-50-13-9-8-10-14-50)58-57-60(64)67-42-68-61(57)74(71-58)48-21-24-72(25-22-48)23-11-6-7-12-26-80-27-28-81-29-30-82-31-32-83-33-34-84-40-55(77)66-41-63(3,4)37-56(78)73-39-49(75)36-52(73)62(79)65-38-45-15-17-46(18-16-45)59-44(2)69-43-86-59/h5,8-10,13-20,35,42-43,48-49,52,75H,1,6-7,11-12,21-34,36-41H2,2-4H3,(H,65,79)(H,66,77)(H,70,76)(H2,64,67,68)/t49-,52+/m1/s1. The molecule has 3 aromatic heterocycles. The smallest absolute Gasteiger partial charge is 0.247 e. The molecule has 2 saturated heterocycles. The number of hydrogen-bond donors (Lipinski definition) is 5. The van der Waals surface area contributed by atoms with E-state index in [2.05, 4.69) is 42.4 Å². The monoisotopic (exact) mass is 1200 g/mol. The number of rotatable bonds is 35. The molecule has 0 radical (unpaired) electrons. The molecule has 8 rings (SSSR count). The van der Waals surface area contributed by atoms with E-state index in [0.717, 1.165) is 85.4 Å². The first-order valence-corrected chi connectivity index (χ1v) is 30.5. The van der Waals surface area contributed by atoms with Crippen molar-refractivity contribution in [3.05, 3.63) is 109 Å². The molecule has 6 aromatic rings. The van der Waals surface area contributed by atoms with Gasteiger partial charge >= 0.3 is 0 Å². The Kier molecular flexibility index (Phi) is 24.9. The summed E-state index contributed by atoms with van der Waals surface area (Å²) in [4.78, 5) is 70.1. The molecular weight excluding hydrogens is 1120 g/mol. The van der Waals surface area contributed by atoms with Crippen LogP contribution in [-0.4, -0.2) is 174 Å². The fraction of sp³-hybridized carbons (Fsp3) is 0.492. The van der Waals surface area contributed by atoms with Gasteiger partial charge in [0.1, 0.15) is 36.2 Å². The highest BCUT2D eigenvalue weighted by atomic mass is 32.1. The van der Waals surface area contributed by atoms with Gasteiger partial charge in [0.05, 0.1) is 92.2 Å². The Morgan fingerprint density at radius 3 is 2.17 bits per heavy atom. The predicted octanol–water partition coefficient (Wildman–Crippen LogP) is 7.52. The Hall–Kier alpha value is -7.22. The third kappa shape index (κ3) is 19.4. The van der Waals surface area contributed by atoms with Crippen LogP contribution in [0.25, 0.3) is 32.7 Å². The number of benzene rings is 3. The largest absolute Gasteiger partial charge is 0.455 e. The van der Waals surface area contributed by atoms with E-state index in [4.69, 9.17) is 39.3 Å². The first-order chi connectivity index (χ1) is 41.7. The number of aliphatic hydroxyl groups excluding tert-OH is 1. The number of aliphatic hydroxyl groups is 1. The molecular formula is C63H83N11O11S. The maximum atomic E-state index is 13.5. The van der Waals surface area contributed by atoms with E-state index < -0.39 is 17.6 Å². The summed E-state index contributed by atoms with van der Waals surface area (Å²) in [7, 11) is 0. The molecule has 4 amide bonds. The van der Waals surface area contributed by atoms with Gasteiger partial charge in [-0.1, -0.05) is 75.7 Å². The van der Waals surface area contributed by atoms with Gasteiger partial charge in [-0.25, -0.2) is 19.6 Å². The lowest BCUT2D eigenvalue weighted by molar-refractivity contribution is -0.140. The number of nitrogens with one attached hydrogen (secondary N) is 3. The SMILES string of the molecule is C=CC(=O)Nc1cc(-c2nn(C3CCN(CCCCCCOCCOCCOCCOCCOCC(=O)NCC(C)(C)CC(=O)N4C[C@H](O)C[C@H]4C(=O)NCc4ccc(-c5scnc5C)cc4)CC3)c3ncnc(N)c23)ccc1Oc1ccccc1. The number of amides is 4. The summed E-state index contributed by atoms with van der Waals surface area (Å²) in [5.74, 6) is 0.193. The van der Waals surface area contributed by atoms with Gasteiger partial charge in [-0.15, -0.1) is 11.3 Å². The summed E-state index contributed by atoms with van der Waals surface area (Å²) in [6.07, 6.45) is 8.34. The van der Waals surface area contributed by atoms with Crippen LogP contribution in [0.5, 0.6) is 11.5 Å². The minimum Gasteiger partial charge on any atom is -0.455 e. The summed E-state index contributed by atoms with van der Waals surface area (Å²) in [6.45, 7) is 16.6. The van der Waals surface area contributed by atoms with Crippen LogP contribution in [0.2, 0.25) is 0 Å². The van der Waals surface area contributed by atoms with Gasteiger partial charge in [0.15, 0.2) is 11.4 Å². The molecule has 6 N–H and O–H groups in total. The van der Waals surface area contributed by atoms with Crippen molar-refractivity contribution in [1.29, 1.82) is 0 Å². The molecule has 0 bridgehead atoms. The first-order valence-electron chi connectivity index (χ1n) is 29.7. The number of thiazole rings is 1. The van der Waals surface area contributed by atoms with Crippen LogP contribution in [0.4, 0.5) is 11.5 Å². The van der Waals surface area contributed by atoms with E-state index in [1.54, 1.807) is 17.4 Å². The lowest BCUT2D eigenvalue weighted by Crippen LogP contribution is -2.47. The second-order valence-corrected chi connectivity index (χ2v) is 23.2. The van der Waals surface area contributed by atoms with E-state index in [1.807, 2.05) is 97.7 Å². The number of β-amino-alcohol motifs (C(OH)–C–C–N with tert-alkyl or cyclic N) is 1. The van der Waals surface area contributed by atoms with Gasteiger partial charge in [-0.05, 0) is 92.1 Å². The highest BCUT2D eigenvalue weighted by Crippen LogP contribution is 2.39. The molecule has 22 nitrogen and oxygen atoms in total. The van der Waals surface area contributed by atoms with Crippen molar-refractivity contribution in [2.75, 3.05) is 110 Å². The van der Waals surface area contributed by atoms with Gasteiger partial charge < -0.3 is 65.0 Å². The van der Waals surface area contributed by atoms with Crippen LogP contribution in [0, 0.1) is 12.3 Å². The molecule has 5 heterocycles. The van der Waals surface area contributed by atoms with E-state index in [9.17, 15) is 24.3 Å². The van der Waals surface area contributed by atoms with Crippen LogP contribution in [0.3, 0.4) is 0 Å². The zero-order chi connectivity index (χ0) is 60.7. The first kappa shape index (κ1) is 64.8. The summed E-state index contributed by atoms with van der Waals surface area (Å²) < 4.78 is 36.2. The normalized spacial score (nSPS) is 15.7. The molecule has 0 aliphatic carbocycles. The van der Waals surface area contributed by atoms with Crippen LogP contribution in [0.1, 0.15) is 82.5 Å². The number of nitrogen functional groups attached to an aromatic ring is 1. The second kappa shape index (κ2) is 33.1. The molecule has 2 aliphatic heterocycles. The van der Waals surface area contributed by atoms with Crippen molar-refractivity contribution in [2.24, 2.45) is 5.41 Å². The zero-order valence-corrected chi connectivity index (χ0v) is 50.5. The van der Waals surface area contributed by atoms with Gasteiger partial charge in [0.2, 0.25) is 23.6 Å². The van der Waals surface area contributed by atoms with Gasteiger partial charge in [-0.3, -0.25) is 19.2 Å². The fourth-order valence-electron chi connectivity index (χ4n) is 10.4. The maximum Gasteiger partial charge on any atom is 0.247 e.